The summed E-state index contributed by atoms with van der Waals surface area (Å²) in [6.07, 6.45) is 0. The fraction of sp³-hybridized carbons (Fsp3) is 0.391. The molecule has 2 amide bonds. The van der Waals surface area contributed by atoms with Crippen molar-refractivity contribution in [2.45, 2.75) is 51.6 Å². The Morgan fingerprint density at radius 1 is 1.09 bits per heavy atom. The van der Waals surface area contributed by atoms with Crippen molar-refractivity contribution in [3.05, 3.63) is 68.4 Å². The zero-order valence-electron chi connectivity index (χ0n) is 18.3. The molecule has 4 nitrogen and oxygen atoms in total. The first-order chi connectivity index (χ1) is 14.9. The Labute approximate surface area is 207 Å². The predicted octanol–water partition coefficient (Wildman–Crippen LogP) is 6.35. The Hall–Kier alpha value is -1.47. The molecule has 0 fully saturated rings. The van der Waals surface area contributed by atoms with Crippen LogP contribution in [0.25, 0.3) is 0 Å². The fourth-order valence-corrected chi connectivity index (χ4v) is 4.45. The van der Waals surface area contributed by atoms with E-state index in [1.165, 1.54) is 28.8 Å². The molecule has 0 spiro atoms. The number of halogens is 4. The average molecular weight is 520 g/mol. The molecule has 9 heteroatoms. The lowest BCUT2D eigenvalue weighted by Gasteiger charge is -2.31. The van der Waals surface area contributed by atoms with Crippen LogP contribution in [-0.4, -0.2) is 34.0 Å². The minimum Gasteiger partial charge on any atom is -0.350 e. The number of rotatable bonds is 8. The summed E-state index contributed by atoms with van der Waals surface area (Å²) in [6, 6.07) is 8.83. The zero-order chi connectivity index (χ0) is 24.1. The van der Waals surface area contributed by atoms with Crippen molar-refractivity contribution >= 4 is 58.4 Å². The summed E-state index contributed by atoms with van der Waals surface area (Å²) in [5.41, 5.74) is 0.645. The monoisotopic (exact) mass is 518 g/mol. The van der Waals surface area contributed by atoms with Crippen molar-refractivity contribution in [3.63, 3.8) is 0 Å². The summed E-state index contributed by atoms with van der Waals surface area (Å²) in [5.74, 6) is -0.652. The van der Waals surface area contributed by atoms with Crippen molar-refractivity contribution in [2.75, 3.05) is 5.75 Å². The van der Waals surface area contributed by atoms with E-state index in [1.807, 2.05) is 20.8 Å². The average Bonchev–Trinajstić information content (AvgIpc) is 2.69. The van der Waals surface area contributed by atoms with Gasteiger partial charge in [-0.3, -0.25) is 9.59 Å². The minimum atomic E-state index is -0.728. The second-order valence-corrected chi connectivity index (χ2v) is 10.6. The SMILES string of the molecule is C[C@@H](C(=O)NC(C)(C)C)N(Cc1ccc(Cl)c(Cl)c1)C(=O)CSCc1c(F)cccc1Cl. The zero-order valence-corrected chi connectivity index (χ0v) is 21.4. The Morgan fingerprint density at radius 3 is 2.38 bits per heavy atom. The number of carbonyl (C=O) groups is 2. The molecule has 1 N–H and O–H groups in total. The number of nitrogens with one attached hydrogen (secondary N) is 1. The highest BCUT2D eigenvalue weighted by atomic mass is 35.5. The van der Waals surface area contributed by atoms with E-state index in [2.05, 4.69) is 5.32 Å². The van der Waals surface area contributed by atoms with Crippen molar-refractivity contribution in [1.29, 1.82) is 0 Å². The maximum Gasteiger partial charge on any atom is 0.242 e. The highest BCUT2D eigenvalue weighted by Crippen LogP contribution is 2.26. The largest absolute Gasteiger partial charge is 0.350 e. The van der Waals surface area contributed by atoms with Gasteiger partial charge in [0, 0.05) is 28.4 Å². The number of hydrogen-bond donors (Lipinski definition) is 1. The molecule has 0 saturated heterocycles. The molecule has 0 aromatic heterocycles. The predicted molar refractivity (Wildman–Crippen MR) is 132 cm³/mol. The van der Waals surface area contributed by atoms with E-state index in [0.717, 1.165) is 5.56 Å². The van der Waals surface area contributed by atoms with Crippen molar-refractivity contribution in [3.8, 4) is 0 Å². The first kappa shape index (κ1) is 26.8. The smallest absolute Gasteiger partial charge is 0.242 e. The lowest BCUT2D eigenvalue weighted by atomic mass is 10.1. The lowest BCUT2D eigenvalue weighted by molar-refractivity contribution is -0.139. The number of benzene rings is 2. The van der Waals surface area contributed by atoms with Crippen LogP contribution < -0.4 is 5.32 Å². The van der Waals surface area contributed by atoms with Gasteiger partial charge in [0.1, 0.15) is 11.9 Å². The maximum atomic E-state index is 14.0. The third kappa shape index (κ3) is 7.84. The highest BCUT2D eigenvalue weighted by molar-refractivity contribution is 7.99. The van der Waals surface area contributed by atoms with E-state index in [-0.39, 0.29) is 29.9 Å². The number of hydrogen-bond acceptors (Lipinski definition) is 3. The Kier molecular flexibility index (Phi) is 9.70. The van der Waals surface area contributed by atoms with Crippen LogP contribution in [0.5, 0.6) is 0 Å². The van der Waals surface area contributed by atoms with Gasteiger partial charge in [-0.25, -0.2) is 4.39 Å². The first-order valence-corrected chi connectivity index (χ1v) is 12.2. The Morgan fingerprint density at radius 2 is 1.78 bits per heavy atom. The van der Waals surface area contributed by atoms with E-state index < -0.39 is 17.4 Å². The molecule has 0 unspecified atom stereocenters. The van der Waals surface area contributed by atoms with Gasteiger partial charge in [0.05, 0.1) is 15.8 Å². The number of amides is 2. The molecular weight excluding hydrogens is 494 g/mol. The van der Waals surface area contributed by atoms with Gasteiger partial charge >= 0.3 is 0 Å². The van der Waals surface area contributed by atoms with Gasteiger partial charge in [-0.1, -0.05) is 46.9 Å². The van der Waals surface area contributed by atoms with Gasteiger partial charge in [-0.05, 0) is 57.5 Å². The van der Waals surface area contributed by atoms with Crippen molar-refractivity contribution in [2.24, 2.45) is 0 Å². The molecule has 0 aliphatic carbocycles. The van der Waals surface area contributed by atoms with E-state index in [0.29, 0.717) is 20.6 Å². The van der Waals surface area contributed by atoms with E-state index >= 15 is 0 Å². The van der Waals surface area contributed by atoms with Crippen LogP contribution >= 0.6 is 46.6 Å². The molecule has 0 saturated carbocycles. The molecule has 2 aromatic carbocycles. The van der Waals surface area contributed by atoms with Gasteiger partial charge in [0.2, 0.25) is 11.8 Å². The summed E-state index contributed by atoms with van der Waals surface area (Å²) in [7, 11) is 0. The van der Waals surface area contributed by atoms with Crippen LogP contribution in [0.1, 0.15) is 38.8 Å². The molecular formula is C23H26Cl3FN2O2S. The fourth-order valence-electron chi connectivity index (χ4n) is 2.88. The molecule has 2 aromatic rings. The van der Waals surface area contributed by atoms with Gasteiger partial charge in [-0.15, -0.1) is 11.8 Å². The summed E-state index contributed by atoms with van der Waals surface area (Å²) in [5, 5.41) is 3.99. The van der Waals surface area contributed by atoms with Crippen molar-refractivity contribution < 1.29 is 14.0 Å². The summed E-state index contributed by atoms with van der Waals surface area (Å²) in [4.78, 5) is 27.4. The first-order valence-electron chi connectivity index (χ1n) is 9.95. The van der Waals surface area contributed by atoms with Crippen LogP contribution in [0.2, 0.25) is 15.1 Å². The second kappa shape index (κ2) is 11.6. The molecule has 0 heterocycles. The van der Waals surface area contributed by atoms with E-state index in [1.54, 1.807) is 31.2 Å². The number of carbonyl (C=O) groups excluding carboxylic acids is 2. The van der Waals surface area contributed by atoms with Gasteiger partial charge < -0.3 is 10.2 Å². The Bertz CT molecular complexity index is 962. The summed E-state index contributed by atoms with van der Waals surface area (Å²) in [6.45, 7) is 7.47. The molecule has 0 bridgehead atoms. The maximum absolute atomic E-state index is 14.0. The molecule has 0 aliphatic rings. The van der Waals surface area contributed by atoms with Crippen LogP contribution in [0, 0.1) is 5.82 Å². The van der Waals surface area contributed by atoms with Crippen LogP contribution in [0.3, 0.4) is 0 Å². The van der Waals surface area contributed by atoms with E-state index in [4.69, 9.17) is 34.8 Å². The van der Waals surface area contributed by atoms with Crippen LogP contribution in [0.4, 0.5) is 4.39 Å². The number of nitrogens with zero attached hydrogens (tertiary/aromatic N) is 1. The Balaban J connectivity index is 2.17. The van der Waals surface area contributed by atoms with Crippen LogP contribution in [0.15, 0.2) is 36.4 Å². The third-order valence-electron chi connectivity index (χ3n) is 4.54. The van der Waals surface area contributed by atoms with Gasteiger partial charge in [0.15, 0.2) is 0 Å². The normalized spacial score (nSPS) is 12.4. The third-order valence-corrected chi connectivity index (χ3v) is 6.57. The topological polar surface area (TPSA) is 49.4 Å². The lowest BCUT2D eigenvalue weighted by Crippen LogP contribution is -2.52. The standard InChI is InChI=1S/C23H26Cl3FN2O2S/c1-14(22(31)28-23(2,3)4)29(11-15-8-9-18(25)19(26)10-15)21(30)13-32-12-16-17(24)6-5-7-20(16)27/h5-10,14H,11-13H2,1-4H3,(H,28,31)/t14-/m0/s1. The molecule has 2 rings (SSSR count). The van der Waals surface area contributed by atoms with Gasteiger partial charge in [-0.2, -0.15) is 0 Å². The number of thioether (sulfide) groups is 1. The summed E-state index contributed by atoms with van der Waals surface area (Å²) < 4.78 is 14.0. The molecule has 32 heavy (non-hydrogen) atoms. The van der Waals surface area contributed by atoms with Crippen LogP contribution in [-0.2, 0) is 21.9 Å². The van der Waals surface area contributed by atoms with Gasteiger partial charge in [0.25, 0.3) is 0 Å². The molecule has 174 valence electrons. The molecule has 1 atom stereocenters. The highest BCUT2D eigenvalue weighted by Gasteiger charge is 2.28. The summed E-state index contributed by atoms with van der Waals surface area (Å²) >= 11 is 19.4. The molecule has 0 aliphatic heterocycles. The minimum absolute atomic E-state index is 0.0547. The molecule has 0 radical (unpaired) electrons. The van der Waals surface area contributed by atoms with E-state index in [9.17, 15) is 14.0 Å². The second-order valence-electron chi connectivity index (χ2n) is 8.38. The van der Waals surface area contributed by atoms with Crippen molar-refractivity contribution in [1.82, 2.24) is 10.2 Å². The quantitative estimate of drug-likeness (QED) is 0.442.